The van der Waals surface area contributed by atoms with E-state index < -0.39 is 4.92 Å². The van der Waals surface area contributed by atoms with Crippen LogP contribution in [0.1, 0.15) is 11.1 Å². The normalized spacial score (nSPS) is 10.7. The second-order valence-corrected chi connectivity index (χ2v) is 7.29. The number of aliphatic imine (C=N–C) groups is 1. The number of rotatable bonds is 9. The summed E-state index contributed by atoms with van der Waals surface area (Å²) in [5, 5.41) is 10.8. The van der Waals surface area contributed by atoms with Crippen LogP contribution in [0, 0.1) is 10.1 Å². The summed E-state index contributed by atoms with van der Waals surface area (Å²) in [7, 11) is 1.57. The van der Waals surface area contributed by atoms with E-state index in [-0.39, 0.29) is 12.3 Å². The second-order valence-electron chi connectivity index (χ2n) is 7.29. The van der Waals surface area contributed by atoms with Crippen LogP contribution in [0.25, 0.3) is 0 Å². The molecule has 0 saturated heterocycles. The standard InChI is InChI=1S/C27H22N2O5/c1-32-27-17-21(9-16-26(27)33-19-20-7-12-23(13-8-20)29(30)31)18-28-22-10-14-25(15-11-22)34-24-5-3-2-4-6-24/h2-18H,19H2,1H3. The molecule has 0 amide bonds. The topological polar surface area (TPSA) is 83.2 Å². The second kappa shape index (κ2) is 10.8. The maximum Gasteiger partial charge on any atom is 0.269 e. The van der Waals surface area contributed by atoms with Crippen molar-refractivity contribution in [3.8, 4) is 23.0 Å². The third-order valence-corrected chi connectivity index (χ3v) is 4.91. The Morgan fingerprint density at radius 2 is 1.56 bits per heavy atom. The molecule has 0 spiro atoms. The van der Waals surface area contributed by atoms with E-state index in [9.17, 15) is 10.1 Å². The van der Waals surface area contributed by atoms with Crippen LogP contribution in [-0.2, 0) is 6.61 Å². The van der Waals surface area contributed by atoms with Crippen molar-refractivity contribution in [2.75, 3.05) is 7.11 Å². The number of para-hydroxylation sites is 1. The molecule has 0 aliphatic heterocycles. The number of nitro benzene ring substituents is 1. The van der Waals surface area contributed by atoms with E-state index in [2.05, 4.69) is 4.99 Å². The van der Waals surface area contributed by atoms with Crippen molar-refractivity contribution in [3.63, 3.8) is 0 Å². The minimum atomic E-state index is -0.430. The molecular formula is C27H22N2O5. The summed E-state index contributed by atoms with van der Waals surface area (Å²) in [6.45, 7) is 0.263. The molecule has 0 saturated carbocycles. The zero-order valence-electron chi connectivity index (χ0n) is 18.5. The van der Waals surface area contributed by atoms with Gasteiger partial charge in [0, 0.05) is 18.3 Å². The lowest BCUT2D eigenvalue weighted by Crippen LogP contribution is -1.99. The number of non-ortho nitro benzene ring substituents is 1. The van der Waals surface area contributed by atoms with Gasteiger partial charge in [-0.1, -0.05) is 18.2 Å². The molecule has 7 nitrogen and oxygen atoms in total. The monoisotopic (exact) mass is 454 g/mol. The minimum absolute atomic E-state index is 0.0448. The fourth-order valence-electron chi connectivity index (χ4n) is 3.13. The number of ether oxygens (including phenoxy) is 3. The first-order valence-electron chi connectivity index (χ1n) is 10.5. The molecule has 7 heteroatoms. The highest BCUT2D eigenvalue weighted by Crippen LogP contribution is 2.29. The van der Waals surface area contributed by atoms with Crippen molar-refractivity contribution in [1.29, 1.82) is 0 Å². The van der Waals surface area contributed by atoms with E-state index in [1.54, 1.807) is 25.5 Å². The van der Waals surface area contributed by atoms with Gasteiger partial charge in [0.25, 0.3) is 5.69 Å². The number of nitrogens with zero attached hydrogens (tertiary/aromatic N) is 2. The van der Waals surface area contributed by atoms with Crippen molar-refractivity contribution in [1.82, 2.24) is 0 Å². The van der Waals surface area contributed by atoms with Gasteiger partial charge in [0.1, 0.15) is 18.1 Å². The Balaban J connectivity index is 1.38. The van der Waals surface area contributed by atoms with Crippen LogP contribution in [0.5, 0.6) is 23.0 Å². The lowest BCUT2D eigenvalue weighted by Gasteiger charge is -2.11. The van der Waals surface area contributed by atoms with Gasteiger partial charge in [-0.25, -0.2) is 0 Å². The summed E-state index contributed by atoms with van der Waals surface area (Å²) in [5.41, 5.74) is 2.50. The maximum absolute atomic E-state index is 10.8. The molecule has 4 aromatic rings. The summed E-state index contributed by atoms with van der Waals surface area (Å²) in [6, 6.07) is 28.9. The van der Waals surface area contributed by atoms with Crippen LogP contribution in [0.2, 0.25) is 0 Å². The predicted octanol–water partition coefficient (Wildman–Crippen LogP) is 6.73. The molecular weight excluding hydrogens is 432 g/mol. The Kier molecular flexibility index (Phi) is 7.15. The largest absolute Gasteiger partial charge is 0.493 e. The van der Waals surface area contributed by atoms with Gasteiger partial charge in [0.2, 0.25) is 0 Å². The molecule has 4 aromatic carbocycles. The van der Waals surface area contributed by atoms with Gasteiger partial charge in [0.15, 0.2) is 11.5 Å². The highest BCUT2D eigenvalue weighted by Gasteiger charge is 2.08. The summed E-state index contributed by atoms with van der Waals surface area (Å²) < 4.78 is 17.1. The van der Waals surface area contributed by atoms with E-state index in [0.29, 0.717) is 11.5 Å². The Hall–Kier alpha value is -4.65. The van der Waals surface area contributed by atoms with Crippen LogP contribution in [0.3, 0.4) is 0 Å². The third-order valence-electron chi connectivity index (χ3n) is 4.91. The molecule has 170 valence electrons. The lowest BCUT2D eigenvalue weighted by molar-refractivity contribution is -0.384. The summed E-state index contributed by atoms with van der Waals surface area (Å²) in [6.07, 6.45) is 1.75. The minimum Gasteiger partial charge on any atom is -0.493 e. The van der Waals surface area contributed by atoms with Crippen molar-refractivity contribution < 1.29 is 19.1 Å². The Labute approximate surface area is 197 Å². The molecule has 0 aliphatic carbocycles. The smallest absolute Gasteiger partial charge is 0.269 e. The van der Waals surface area contributed by atoms with E-state index >= 15 is 0 Å². The predicted molar refractivity (Wildman–Crippen MR) is 131 cm³/mol. The van der Waals surface area contributed by atoms with E-state index in [1.165, 1.54) is 12.1 Å². The van der Waals surface area contributed by atoms with Crippen molar-refractivity contribution >= 4 is 17.6 Å². The third kappa shape index (κ3) is 5.98. The molecule has 0 atom stereocenters. The molecule has 0 aromatic heterocycles. The van der Waals surface area contributed by atoms with Crippen LogP contribution in [0.4, 0.5) is 11.4 Å². The summed E-state index contributed by atoms with van der Waals surface area (Å²) in [4.78, 5) is 14.9. The number of nitro groups is 1. The number of methoxy groups -OCH3 is 1. The maximum atomic E-state index is 10.8. The zero-order chi connectivity index (χ0) is 23.8. The van der Waals surface area contributed by atoms with Crippen molar-refractivity contribution in [2.24, 2.45) is 4.99 Å². The van der Waals surface area contributed by atoms with Gasteiger partial charge in [-0.2, -0.15) is 0 Å². The first-order chi connectivity index (χ1) is 16.6. The van der Waals surface area contributed by atoms with Gasteiger partial charge in [-0.05, 0) is 77.9 Å². The van der Waals surface area contributed by atoms with Crippen LogP contribution < -0.4 is 14.2 Å². The van der Waals surface area contributed by atoms with Gasteiger partial charge in [-0.15, -0.1) is 0 Å². The number of hydrogen-bond donors (Lipinski definition) is 0. The van der Waals surface area contributed by atoms with Gasteiger partial charge in [0.05, 0.1) is 17.7 Å². The molecule has 0 fully saturated rings. The summed E-state index contributed by atoms with van der Waals surface area (Å²) >= 11 is 0. The van der Waals surface area contributed by atoms with Crippen LogP contribution in [0.15, 0.2) is 102 Å². The highest BCUT2D eigenvalue weighted by atomic mass is 16.6. The molecule has 0 radical (unpaired) electrons. The van der Waals surface area contributed by atoms with E-state index in [1.807, 2.05) is 72.8 Å². The first kappa shape index (κ1) is 22.5. The van der Waals surface area contributed by atoms with E-state index in [4.69, 9.17) is 14.2 Å². The Morgan fingerprint density at radius 1 is 0.853 bits per heavy atom. The average Bonchev–Trinajstić information content (AvgIpc) is 2.88. The lowest BCUT2D eigenvalue weighted by atomic mass is 10.2. The quantitative estimate of drug-likeness (QED) is 0.159. The molecule has 34 heavy (non-hydrogen) atoms. The number of benzene rings is 4. The zero-order valence-corrected chi connectivity index (χ0v) is 18.5. The van der Waals surface area contributed by atoms with Gasteiger partial charge < -0.3 is 14.2 Å². The van der Waals surface area contributed by atoms with Crippen molar-refractivity contribution in [2.45, 2.75) is 6.61 Å². The molecule has 0 heterocycles. The van der Waals surface area contributed by atoms with Gasteiger partial charge >= 0.3 is 0 Å². The Morgan fingerprint density at radius 3 is 2.24 bits per heavy atom. The fraction of sp³-hybridized carbons (Fsp3) is 0.0741. The average molecular weight is 454 g/mol. The first-order valence-corrected chi connectivity index (χ1v) is 10.5. The molecule has 0 aliphatic rings. The SMILES string of the molecule is COc1cc(C=Nc2ccc(Oc3ccccc3)cc2)ccc1OCc1ccc([N+](=O)[O-])cc1. The Bertz CT molecular complexity index is 1270. The fourth-order valence-corrected chi connectivity index (χ4v) is 3.13. The van der Waals surface area contributed by atoms with Crippen LogP contribution in [-0.4, -0.2) is 18.2 Å². The molecule has 4 rings (SSSR count). The van der Waals surface area contributed by atoms with E-state index in [0.717, 1.165) is 28.3 Å². The molecule has 0 unspecified atom stereocenters. The van der Waals surface area contributed by atoms with Crippen molar-refractivity contribution in [3.05, 3.63) is 118 Å². The number of hydrogen-bond acceptors (Lipinski definition) is 6. The van der Waals surface area contributed by atoms with Crippen LogP contribution >= 0.6 is 0 Å². The molecule has 0 bridgehead atoms. The van der Waals surface area contributed by atoms with Gasteiger partial charge in [-0.3, -0.25) is 15.1 Å². The molecule has 0 N–H and O–H groups in total. The highest BCUT2D eigenvalue weighted by molar-refractivity contribution is 5.83. The summed E-state index contributed by atoms with van der Waals surface area (Å²) in [5.74, 6) is 2.65.